The van der Waals surface area contributed by atoms with E-state index in [-0.39, 0.29) is 0 Å². The molecule has 0 bridgehead atoms. The summed E-state index contributed by atoms with van der Waals surface area (Å²) >= 11 is 0. The summed E-state index contributed by atoms with van der Waals surface area (Å²) in [5.74, 6) is 0. The number of fused-ring (bicyclic) bond motifs is 1. The fourth-order valence-electron chi connectivity index (χ4n) is 2.58. The number of rotatable bonds is 3. The average Bonchev–Trinajstić information content (AvgIpc) is 2.57. The number of hydrogen-bond acceptors (Lipinski definition) is 2. The van der Waals surface area contributed by atoms with Gasteiger partial charge in [-0.1, -0.05) is 24.3 Å². The molecule has 0 saturated heterocycles. The lowest BCUT2D eigenvalue weighted by Gasteiger charge is -2.30. The molecule has 1 atom stereocenters. The maximum absolute atomic E-state index is 2.59. The number of likely N-dealkylation sites (N-methyl/N-ethyl adjacent to an activating group) is 1. The molecular formula is C14H22N2. The zero-order valence-electron chi connectivity index (χ0n) is 10.8. The van der Waals surface area contributed by atoms with E-state index in [4.69, 9.17) is 0 Å². The first-order valence-corrected chi connectivity index (χ1v) is 6.08. The Balaban J connectivity index is 2.28. The maximum atomic E-state index is 2.59. The van der Waals surface area contributed by atoms with E-state index in [1.165, 1.54) is 11.1 Å². The summed E-state index contributed by atoms with van der Waals surface area (Å²) < 4.78 is 0. The lowest BCUT2D eigenvalue weighted by molar-refractivity contribution is 0.140. The van der Waals surface area contributed by atoms with E-state index in [1.54, 1.807) is 0 Å². The third-order valence-electron chi connectivity index (χ3n) is 3.37. The summed E-state index contributed by atoms with van der Waals surface area (Å²) in [5.41, 5.74) is 3.02. The van der Waals surface area contributed by atoms with Gasteiger partial charge in [-0.2, -0.15) is 0 Å². The van der Waals surface area contributed by atoms with E-state index in [1.807, 2.05) is 0 Å². The zero-order valence-corrected chi connectivity index (χ0v) is 10.8. The summed E-state index contributed by atoms with van der Waals surface area (Å²) in [5, 5.41) is 0. The van der Waals surface area contributed by atoms with Gasteiger partial charge in [0.2, 0.25) is 0 Å². The van der Waals surface area contributed by atoms with Crippen molar-refractivity contribution in [3.8, 4) is 0 Å². The Morgan fingerprint density at radius 3 is 2.62 bits per heavy atom. The molecule has 0 saturated carbocycles. The molecular weight excluding hydrogens is 196 g/mol. The normalized spacial score (nSPS) is 20.8. The number of hydrogen-bond donors (Lipinski definition) is 0. The van der Waals surface area contributed by atoms with Crippen LogP contribution >= 0.6 is 0 Å². The molecule has 0 spiro atoms. The largest absolute Gasteiger partial charge is 0.307 e. The van der Waals surface area contributed by atoms with Gasteiger partial charge >= 0.3 is 0 Å². The predicted octanol–water partition coefficient (Wildman–Crippen LogP) is 2.51. The zero-order chi connectivity index (χ0) is 11.7. The molecule has 1 unspecified atom stereocenters. The van der Waals surface area contributed by atoms with Gasteiger partial charge in [-0.05, 0) is 39.1 Å². The van der Waals surface area contributed by atoms with Gasteiger partial charge in [-0.15, -0.1) is 0 Å². The fourth-order valence-corrected chi connectivity index (χ4v) is 2.58. The highest BCUT2D eigenvalue weighted by atomic mass is 15.2. The van der Waals surface area contributed by atoms with E-state index < -0.39 is 0 Å². The van der Waals surface area contributed by atoms with Crippen LogP contribution < -0.4 is 0 Å². The quantitative estimate of drug-likeness (QED) is 0.769. The van der Waals surface area contributed by atoms with Crippen molar-refractivity contribution in [1.82, 2.24) is 9.80 Å². The first-order chi connectivity index (χ1) is 7.59. The third kappa shape index (κ3) is 2.13. The summed E-state index contributed by atoms with van der Waals surface area (Å²) in [6, 6.07) is 10.0. The van der Waals surface area contributed by atoms with Crippen LogP contribution in [-0.4, -0.2) is 36.5 Å². The van der Waals surface area contributed by atoms with Crippen LogP contribution in [0.3, 0.4) is 0 Å². The van der Waals surface area contributed by atoms with Gasteiger partial charge in [0, 0.05) is 25.2 Å². The second kappa shape index (κ2) is 4.56. The standard InChI is InChI=1S/C14H22N2/c1-11(2)16-9-12-7-5-6-8-13(12)14(16)10-15(3)4/h5-8,11,14H,9-10H2,1-4H3. The van der Waals surface area contributed by atoms with Crippen molar-refractivity contribution in [2.75, 3.05) is 20.6 Å². The summed E-state index contributed by atoms with van der Waals surface area (Å²) in [4.78, 5) is 4.87. The Hall–Kier alpha value is -0.860. The summed E-state index contributed by atoms with van der Waals surface area (Å²) in [6.07, 6.45) is 0. The minimum Gasteiger partial charge on any atom is -0.307 e. The van der Waals surface area contributed by atoms with Gasteiger partial charge in [0.05, 0.1) is 0 Å². The molecule has 16 heavy (non-hydrogen) atoms. The topological polar surface area (TPSA) is 6.48 Å². The van der Waals surface area contributed by atoms with Gasteiger partial charge in [0.15, 0.2) is 0 Å². The molecule has 0 fully saturated rings. The fraction of sp³-hybridized carbons (Fsp3) is 0.571. The molecule has 2 nitrogen and oxygen atoms in total. The molecule has 1 aliphatic heterocycles. The van der Waals surface area contributed by atoms with Gasteiger partial charge in [0.1, 0.15) is 0 Å². The molecule has 0 aromatic heterocycles. The smallest absolute Gasteiger partial charge is 0.0484 e. The molecule has 0 amide bonds. The summed E-state index contributed by atoms with van der Waals surface area (Å²) in [7, 11) is 4.30. The molecule has 0 aliphatic carbocycles. The third-order valence-corrected chi connectivity index (χ3v) is 3.37. The Morgan fingerprint density at radius 2 is 2.00 bits per heavy atom. The van der Waals surface area contributed by atoms with Crippen LogP contribution in [0.25, 0.3) is 0 Å². The molecule has 2 heteroatoms. The molecule has 0 radical (unpaired) electrons. The second-order valence-corrected chi connectivity index (χ2v) is 5.24. The van der Waals surface area contributed by atoms with Crippen LogP contribution in [0.2, 0.25) is 0 Å². The molecule has 1 aliphatic rings. The van der Waals surface area contributed by atoms with Gasteiger partial charge in [0.25, 0.3) is 0 Å². The van der Waals surface area contributed by atoms with Crippen molar-refractivity contribution in [1.29, 1.82) is 0 Å². The molecule has 2 rings (SSSR count). The van der Waals surface area contributed by atoms with E-state index in [9.17, 15) is 0 Å². The van der Waals surface area contributed by atoms with Crippen molar-refractivity contribution < 1.29 is 0 Å². The monoisotopic (exact) mass is 218 g/mol. The lowest BCUT2D eigenvalue weighted by Crippen LogP contribution is -2.35. The Kier molecular flexibility index (Phi) is 3.31. The number of benzene rings is 1. The first-order valence-electron chi connectivity index (χ1n) is 6.08. The first kappa shape index (κ1) is 11.6. The highest BCUT2D eigenvalue weighted by Crippen LogP contribution is 2.35. The van der Waals surface area contributed by atoms with Crippen LogP contribution in [0.5, 0.6) is 0 Å². The highest BCUT2D eigenvalue weighted by Gasteiger charge is 2.31. The van der Waals surface area contributed by atoms with Crippen LogP contribution in [0.4, 0.5) is 0 Å². The van der Waals surface area contributed by atoms with Gasteiger partial charge in [-0.3, -0.25) is 4.90 Å². The van der Waals surface area contributed by atoms with Crippen LogP contribution in [-0.2, 0) is 6.54 Å². The Labute approximate surface area is 98.9 Å². The maximum Gasteiger partial charge on any atom is 0.0484 e. The van der Waals surface area contributed by atoms with Crippen molar-refractivity contribution in [3.05, 3.63) is 35.4 Å². The molecule has 88 valence electrons. The van der Waals surface area contributed by atoms with Crippen LogP contribution in [0.15, 0.2) is 24.3 Å². The van der Waals surface area contributed by atoms with Gasteiger partial charge < -0.3 is 4.90 Å². The number of nitrogens with zero attached hydrogens (tertiary/aromatic N) is 2. The van der Waals surface area contributed by atoms with E-state index in [0.717, 1.165) is 13.1 Å². The Morgan fingerprint density at radius 1 is 1.31 bits per heavy atom. The average molecular weight is 218 g/mol. The van der Waals surface area contributed by atoms with Crippen molar-refractivity contribution >= 4 is 0 Å². The van der Waals surface area contributed by atoms with E-state index in [2.05, 4.69) is 62.0 Å². The predicted molar refractivity (Wildman–Crippen MR) is 68.4 cm³/mol. The minimum atomic E-state index is 0.561. The van der Waals surface area contributed by atoms with E-state index >= 15 is 0 Å². The minimum absolute atomic E-state index is 0.561. The van der Waals surface area contributed by atoms with Crippen molar-refractivity contribution in [2.45, 2.75) is 32.5 Å². The lowest BCUT2D eigenvalue weighted by atomic mass is 10.0. The SMILES string of the molecule is CC(C)N1Cc2ccccc2C1CN(C)C. The van der Waals surface area contributed by atoms with E-state index in [0.29, 0.717) is 12.1 Å². The summed E-state index contributed by atoms with van der Waals surface area (Å²) in [6.45, 7) is 6.78. The Bertz CT molecular complexity index is 358. The molecule has 1 aromatic rings. The van der Waals surface area contributed by atoms with Crippen molar-refractivity contribution in [3.63, 3.8) is 0 Å². The van der Waals surface area contributed by atoms with Crippen molar-refractivity contribution in [2.24, 2.45) is 0 Å². The second-order valence-electron chi connectivity index (χ2n) is 5.24. The molecule has 1 heterocycles. The van der Waals surface area contributed by atoms with Crippen LogP contribution in [0, 0.1) is 0 Å². The molecule has 1 aromatic carbocycles. The highest BCUT2D eigenvalue weighted by molar-refractivity contribution is 5.34. The molecule has 0 N–H and O–H groups in total. The van der Waals surface area contributed by atoms with Crippen LogP contribution in [0.1, 0.15) is 31.0 Å². The van der Waals surface area contributed by atoms with Gasteiger partial charge in [-0.25, -0.2) is 0 Å².